The number of likely N-dealkylation sites (tertiary alicyclic amines) is 1. The minimum absolute atomic E-state index is 0.0796. The van der Waals surface area contributed by atoms with Crippen molar-refractivity contribution in [2.24, 2.45) is 0 Å². The molecule has 5 heteroatoms. The smallest absolute Gasteiger partial charge is 0.319 e. The number of hydrogen-bond acceptors (Lipinski definition) is 2. The van der Waals surface area contributed by atoms with Crippen molar-refractivity contribution < 1.29 is 9.59 Å². The van der Waals surface area contributed by atoms with Gasteiger partial charge in [0, 0.05) is 24.7 Å². The molecule has 1 atom stereocenters. The Kier molecular flexibility index (Phi) is 3.57. The van der Waals surface area contributed by atoms with Crippen molar-refractivity contribution in [3.05, 3.63) is 29.3 Å². The average Bonchev–Trinajstić information content (AvgIpc) is 3.13. The van der Waals surface area contributed by atoms with E-state index in [1.54, 1.807) is 0 Å². The molecule has 2 aliphatic rings. The first-order valence-electron chi connectivity index (χ1n) is 7.46. The molecule has 5 nitrogen and oxygen atoms in total. The van der Waals surface area contributed by atoms with Gasteiger partial charge in [0.25, 0.3) is 0 Å². The van der Waals surface area contributed by atoms with Gasteiger partial charge in [0.2, 0.25) is 5.91 Å². The summed E-state index contributed by atoms with van der Waals surface area (Å²) in [7, 11) is 0. The van der Waals surface area contributed by atoms with Gasteiger partial charge in [0.1, 0.15) is 0 Å². The van der Waals surface area contributed by atoms with Crippen LogP contribution in [0.15, 0.2) is 18.2 Å². The van der Waals surface area contributed by atoms with Gasteiger partial charge in [0.15, 0.2) is 0 Å². The van der Waals surface area contributed by atoms with Crippen LogP contribution in [0.4, 0.5) is 10.5 Å². The van der Waals surface area contributed by atoms with E-state index in [1.165, 1.54) is 0 Å². The maximum Gasteiger partial charge on any atom is 0.319 e. The number of carbonyl (C=O) groups is 2. The molecule has 2 N–H and O–H groups in total. The summed E-state index contributed by atoms with van der Waals surface area (Å²) in [6.45, 7) is 4.64. The highest BCUT2D eigenvalue weighted by molar-refractivity contribution is 5.90. The second kappa shape index (κ2) is 5.39. The Labute approximate surface area is 124 Å². The van der Waals surface area contributed by atoms with Crippen LogP contribution in [-0.2, 0) is 4.79 Å². The van der Waals surface area contributed by atoms with Crippen LogP contribution in [0.25, 0.3) is 0 Å². The van der Waals surface area contributed by atoms with Gasteiger partial charge in [0.05, 0.1) is 6.04 Å². The lowest BCUT2D eigenvalue weighted by atomic mass is 10.1. The Morgan fingerprint density at radius 2 is 1.86 bits per heavy atom. The summed E-state index contributed by atoms with van der Waals surface area (Å²) in [5, 5.41) is 5.74. The fraction of sp³-hybridized carbons (Fsp3) is 0.500. The van der Waals surface area contributed by atoms with Crippen LogP contribution in [0.3, 0.4) is 0 Å². The summed E-state index contributed by atoms with van der Waals surface area (Å²) in [5.74, 6) is 0.161. The first-order chi connectivity index (χ1) is 10.0. The van der Waals surface area contributed by atoms with Gasteiger partial charge >= 0.3 is 6.03 Å². The monoisotopic (exact) mass is 287 g/mol. The Bertz CT molecular complexity index is 561. The minimum Gasteiger partial charge on any atom is -0.338 e. The highest BCUT2D eigenvalue weighted by Crippen LogP contribution is 2.30. The number of nitrogens with zero attached hydrogens (tertiary/aromatic N) is 1. The normalized spacial score (nSPS) is 21.5. The van der Waals surface area contributed by atoms with Crippen LogP contribution in [0.5, 0.6) is 0 Å². The van der Waals surface area contributed by atoms with Crippen molar-refractivity contribution in [1.82, 2.24) is 10.2 Å². The second-order valence-electron chi connectivity index (χ2n) is 6.15. The summed E-state index contributed by atoms with van der Waals surface area (Å²) in [4.78, 5) is 25.8. The number of aryl methyl sites for hydroxylation is 2. The van der Waals surface area contributed by atoms with Gasteiger partial charge in [-0.15, -0.1) is 0 Å². The third kappa shape index (κ3) is 3.35. The standard InChI is InChI=1S/C16H21N3O2/c1-10-5-11(2)7-12(6-10)17-16(21)18-13-8-15(20)19(9-13)14-3-4-14/h5-7,13-14H,3-4,8-9H2,1-2H3,(H2,17,18,21)/t13-/m0/s1. The van der Waals surface area contributed by atoms with E-state index >= 15 is 0 Å². The molecule has 1 saturated carbocycles. The molecular formula is C16H21N3O2. The summed E-state index contributed by atoms with van der Waals surface area (Å²) >= 11 is 0. The zero-order valence-electron chi connectivity index (χ0n) is 12.5. The maximum atomic E-state index is 12.0. The lowest BCUT2D eigenvalue weighted by molar-refractivity contribution is -0.128. The van der Waals surface area contributed by atoms with E-state index in [2.05, 4.69) is 16.7 Å². The van der Waals surface area contributed by atoms with Crippen LogP contribution < -0.4 is 10.6 Å². The van der Waals surface area contributed by atoms with E-state index in [1.807, 2.05) is 30.9 Å². The van der Waals surface area contributed by atoms with E-state index in [4.69, 9.17) is 0 Å². The first kappa shape index (κ1) is 13.9. The topological polar surface area (TPSA) is 61.4 Å². The van der Waals surface area contributed by atoms with Crippen molar-refractivity contribution in [1.29, 1.82) is 0 Å². The predicted molar refractivity (Wildman–Crippen MR) is 81.2 cm³/mol. The molecule has 0 bridgehead atoms. The lowest BCUT2D eigenvalue weighted by Crippen LogP contribution is -2.40. The molecule has 1 heterocycles. The Hall–Kier alpha value is -2.04. The third-order valence-corrected chi connectivity index (χ3v) is 3.96. The number of amides is 3. The molecular weight excluding hydrogens is 266 g/mol. The fourth-order valence-electron chi connectivity index (χ4n) is 2.97. The summed E-state index contributed by atoms with van der Waals surface area (Å²) in [5.41, 5.74) is 3.01. The van der Waals surface area contributed by atoms with Crippen molar-refractivity contribution in [2.45, 2.75) is 45.2 Å². The highest BCUT2D eigenvalue weighted by atomic mass is 16.2. The Morgan fingerprint density at radius 1 is 1.19 bits per heavy atom. The predicted octanol–water partition coefficient (Wildman–Crippen LogP) is 2.19. The molecule has 0 aromatic heterocycles. The largest absolute Gasteiger partial charge is 0.338 e. The number of anilines is 1. The zero-order chi connectivity index (χ0) is 15.0. The number of benzene rings is 1. The molecule has 112 valence electrons. The number of urea groups is 1. The molecule has 0 radical (unpaired) electrons. The first-order valence-corrected chi connectivity index (χ1v) is 7.46. The van der Waals surface area contributed by atoms with Gasteiger partial charge in [-0.25, -0.2) is 4.79 Å². The van der Waals surface area contributed by atoms with Crippen molar-refractivity contribution >= 4 is 17.6 Å². The van der Waals surface area contributed by atoms with Crippen molar-refractivity contribution in [3.63, 3.8) is 0 Å². The van der Waals surface area contributed by atoms with Crippen LogP contribution in [-0.4, -0.2) is 35.5 Å². The molecule has 1 aliphatic carbocycles. The SMILES string of the molecule is Cc1cc(C)cc(NC(=O)N[C@H]2CC(=O)N(C3CC3)C2)c1. The summed E-state index contributed by atoms with van der Waals surface area (Å²) in [6.07, 6.45) is 2.62. The van der Waals surface area contributed by atoms with Crippen LogP contribution in [0.2, 0.25) is 0 Å². The second-order valence-corrected chi connectivity index (χ2v) is 6.15. The summed E-state index contributed by atoms with van der Waals surface area (Å²) < 4.78 is 0. The molecule has 21 heavy (non-hydrogen) atoms. The maximum absolute atomic E-state index is 12.0. The van der Waals surface area contributed by atoms with Gasteiger partial charge < -0.3 is 15.5 Å². The molecule has 0 spiro atoms. The van der Waals surface area contributed by atoms with Gasteiger partial charge in [-0.05, 0) is 49.9 Å². The van der Waals surface area contributed by atoms with Gasteiger partial charge in [-0.1, -0.05) is 6.07 Å². The number of carbonyl (C=O) groups excluding carboxylic acids is 2. The number of hydrogen-bond donors (Lipinski definition) is 2. The molecule has 3 amide bonds. The Morgan fingerprint density at radius 3 is 2.48 bits per heavy atom. The van der Waals surface area contributed by atoms with Crippen LogP contribution in [0, 0.1) is 13.8 Å². The number of rotatable bonds is 3. The van der Waals surface area contributed by atoms with Gasteiger partial charge in [-0.2, -0.15) is 0 Å². The van der Waals surface area contributed by atoms with E-state index < -0.39 is 0 Å². The Balaban J connectivity index is 1.55. The average molecular weight is 287 g/mol. The van der Waals surface area contributed by atoms with Crippen molar-refractivity contribution in [2.75, 3.05) is 11.9 Å². The lowest BCUT2D eigenvalue weighted by Gasteiger charge is -2.16. The molecule has 3 rings (SSSR count). The molecule has 0 unspecified atom stereocenters. The fourth-order valence-corrected chi connectivity index (χ4v) is 2.97. The van der Waals surface area contributed by atoms with E-state index in [9.17, 15) is 9.59 Å². The molecule has 1 saturated heterocycles. The number of nitrogens with one attached hydrogen (secondary N) is 2. The quantitative estimate of drug-likeness (QED) is 0.895. The summed E-state index contributed by atoms with van der Waals surface area (Å²) in [6, 6.07) is 6.03. The third-order valence-electron chi connectivity index (χ3n) is 3.96. The minimum atomic E-state index is -0.240. The highest BCUT2D eigenvalue weighted by Gasteiger charge is 2.39. The van der Waals surface area contributed by atoms with E-state index in [-0.39, 0.29) is 18.0 Å². The van der Waals surface area contributed by atoms with E-state index in [0.29, 0.717) is 19.0 Å². The molecule has 2 fully saturated rings. The molecule has 1 aromatic rings. The van der Waals surface area contributed by atoms with E-state index in [0.717, 1.165) is 29.7 Å². The molecule has 1 aliphatic heterocycles. The van der Waals surface area contributed by atoms with Crippen molar-refractivity contribution in [3.8, 4) is 0 Å². The zero-order valence-corrected chi connectivity index (χ0v) is 12.5. The van der Waals surface area contributed by atoms with Crippen LogP contribution in [0.1, 0.15) is 30.4 Å². The van der Waals surface area contributed by atoms with Crippen LogP contribution >= 0.6 is 0 Å². The molecule has 1 aromatic carbocycles. The van der Waals surface area contributed by atoms with Gasteiger partial charge in [-0.3, -0.25) is 4.79 Å².